The number of nitrogens with one attached hydrogen (secondary N) is 5. The highest BCUT2D eigenvalue weighted by Gasteiger charge is 2.49. The molecule has 2 aromatic rings. The first-order valence-corrected chi connectivity index (χ1v) is 29.1. The third-order valence-electron chi connectivity index (χ3n) is 15.4. The van der Waals surface area contributed by atoms with Crippen molar-refractivity contribution in [2.45, 2.75) is 207 Å². The minimum atomic E-state index is -2.29. The summed E-state index contributed by atoms with van der Waals surface area (Å²) in [5, 5.41) is 111. The lowest BCUT2D eigenvalue weighted by Crippen LogP contribution is -2.64. The number of aliphatic hydroxyl groups is 7. The van der Waals surface area contributed by atoms with Gasteiger partial charge in [-0.2, -0.15) is 0 Å². The van der Waals surface area contributed by atoms with Gasteiger partial charge >= 0.3 is 0 Å². The normalized spacial score (nSPS) is 27.8. The molecule has 24 nitrogen and oxygen atoms in total. The molecule has 0 spiro atoms. The van der Waals surface area contributed by atoms with Gasteiger partial charge in [-0.25, -0.2) is 0 Å². The molecule has 0 aromatic heterocycles. The lowest BCUT2D eigenvalue weighted by molar-refractivity contribution is -0.148. The molecule has 2 aromatic carbocycles. The van der Waals surface area contributed by atoms with Crippen LogP contribution in [0.1, 0.15) is 129 Å². The second kappa shape index (κ2) is 31.7. The van der Waals surface area contributed by atoms with Crippen molar-refractivity contribution < 1.29 is 79.5 Å². The third kappa shape index (κ3) is 18.9. The van der Waals surface area contributed by atoms with E-state index < -0.39 is 145 Å². The first-order valence-electron chi connectivity index (χ1n) is 28.3. The number of unbranched alkanes of at least 4 members (excludes halogenated alkanes) is 5. The average Bonchev–Trinajstić information content (AvgIpc) is 4.02. The van der Waals surface area contributed by atoms with Crippen LogP contribution in [0.4, 0.5) is 0 Å². The number of carbonyl (C=O) groups is 7. The number of nitrogens with two attached hydrogens (primary N) is 1. The Morgan fingerprint density at radius 1 is 0.691 bits per heavy atom. The van der Waals surface area contributed by atoms with Gasteiger partial charge < -0.3 is 88.1 Å². The van der Waals surface area contributed by atoms with Crippen molar-refractivity contribution in [3.05, 3.63) is 54.1 Å². The van der Waals surface area contributed by atoms with Crippen LogP contribution in [0.15, 0.2) is 53.4 Å². The zero-order valence-electron chi connectivity index (χ0n) is 46.6. The van der Waals surface area contributed by atoms with E-state index in [2.05, 4.69) is 47.4 Å². The first-order chi connectivity index (χ1) is 38.4. The molecule has 0 aliphatic carbocycles. The van der Waals surface area contributed by atoms with Crippen LogP contribution in [0, 0.1) is 11.8 Å². The summed E-state index contributed by atoms with van der Waals surface area (Å²) in [4.78, 5) is 103. The van der Waals surface area contributed by atoms with E-state index >= 15 is 0 Å². The number of hydrogen-bond acceptors (Lipinski definition) is 18. The van der Waals surface area contributed by atoms with Crippen molar-refractivity contribution in [1.29, 1.82) is 0 Å². The fraction of sp³-hybridized carbons (Fsp3) is 0.661. The molecule has 3 heterocycles. The van der Waals surface area contributed by atoms with E-state index in [0.29, 0.717) is 29.6 Å². The van der Waals surface area contributed by atoms with Crippen molar-refractivity contribution in [3.63, 3.8) is 0 Å². The number of carbonyl (C=O) groups excluding carboxylic acids is 7. The molecule has 3 aliphatic heterocycles. The average molecular weight is 1160 g/mol. The lowest BCUT2D eigenvalue weighted by atomic mass is 9.91. The maximum absolute atomic E-state index is 14.7. The van der Waals surface area contributed by atoms with Gasteiger partial charge in [-0.3, -0.25) is 33.6 Å². The number of aromatic hydroxyl groups is 2. The molecule has 5 rings (SSSR count). The van der Waals surface area contributed by atoms with Crippen LogP contribution in [0.5, 0.6) is 11.5 Å². The van der Waals surface area contributed by atoms with Gasteiger partial charge in [-0.05, 0) is 92.9 Å². The second-order valence-electron chi connectivity index (χ2n) is 22.1. The van der Waals surface area contributed by atoms with Crippen LogP contribution in [0.25, 0.3) is 0 Å². The molecule has 7 amide bonds. The summed E-state index contributed by atoms with van der Waals surface area (Å²) in [7, 11) is 0. The second-order valence-corrected chi connectivity index (χ2v) is 23.3. The predicted molar refractivity (Wildman–Crippen MR) is 297 cm³/mol. The maximum atomic E-state index is 14.7. The molecule has 3 fully saturated rings. The van der Waals surface area contributed by atoms with Crippen LogP contribution < -0.4 is 32.3 Å². The number of rotatable bonds is 22. The zero-order chi connectivity index (χ0) is 59.7. The van der Waals surface area contributed by atoms with Crippen LogP contribution >= 0.6 is 11.8 Å². The van der Waals surface area contributed by atoms with E-state index in [-0.39, 0.29) is 49.4 Å². The van der Waals surface area contributed by atoms with Crippen molar-refractivity contribution >= 4 is 53.1 Å². The van der Waals surface area contributed by atoms with Gasteiger partial charge in [0.2, 0.25) is 41.4 Å². The smallest absolute Gasteiger partial charge is 0.248 e. The first kappa shape index (κ1) is 66.2. The fourth-order valence-corrected chi connectivity index (χ4v) is 11.6. The monoisotopic (exact) mass is 1160 g/mol. The Labute approximate surface area is 477 Å². The summed E-state index contributed by atoms with van der Waals surface area (Å²) < 4.78 is 0. The Hall–Kier alpha value is -5.64. The van der Waals surface area contributed by atoms with Crippen LogP contribution in [0.2, 0.25) is 0 Å². The number of fused-ring (bicyclic) bond motifs is 2. The molecular weight excluding hydrogens is 1070 g/mol. The number of aliphatic hydroxyl groups excluding tert-OH is 7. The molecule has 452 valence electrons. The number of amides is 7. The van der Waals surface area contributed by atoms with Crippen LogP contribution in [0.3, 0.4) is 0 Å². The highest BCUT2D eigenvalue weighted by atomic mass is 32.2. The fourth-order valence-electron chi connectivity index (χ4n) is 10.6. The molecule has 3 aliphatic rings. The summed E-state index contributed by atoms with van der Waals surface area (Å²) >= 11 is 0.834. The number of phenols is 2. The number of thioether (sulfide) groups is 1. The Bertz CT molecular complexity index is 2390. The van der Waals surface area contributed by atoms with Gasteiger partial charge in [0, 0.05) is 37.2 Å². The van der Waals surface area contributed by atoms with Crippen molar-refractivity contribution in [3.8, 4) is 11.5 Å². The van der Waals surface area contributed by atoms with Crippen molar-refractivity contribution in [1.82, 2.24) is 36.4 Å². The SMILES string of the molecule is CCC(C)CC(C)CCCCCCCCC(=O)N[C@H]1C[C@@H](O)[C@@H](Sc2ccc(O)cc2)NC(=O)[C@@H]2[C@@H](O)CCN2C(=O)[C@H]([C@H](O)CCN)NC(=O)[C@H]([C@H](O)[C@@H](O)c2ccc(O)cc2)NC(=O)[C@@H]2C[C@@H](O)CN2C(=O)[C@H]([C@@H](C)O)NC1=O. The molecule has 16 atom stereocenters. The summed E-state index contributed by atoms with van der Waals surface area (Å²) in [6.07, 6.45) is -5.76. The maximum Gasteiger partial charge on any atom is 0.248 e. The number of hydrogen-bond donors (Lipinski definition) is 15. The quantitative estimate of drug-likeness (QED) is 0.0669. The minimum Gasteiger partial charge on any atom is -0.508 e. The summed E-state index contributed by atoms with van der Waals surface area (Å²) in [5.41, 5.74) is 5.72. The lowest BCUT2D eigenvalue weighted by Gasteiger charge is -2.35. The minimum absolute atomic E-state index is 0.0428. The Kier molecular flexibility index (Phi) is 25.9. The zero-order valence-corrected chi connectivity index (χ0v) is 47.5. The molecule has 81 heavy (non-hydrogen) atoms. The Morgan fingerprint density at radius 3 is 1.91 bits per heavy atom. The number of phenolic OH excluding ortho intramolecular Hbond substituents is 2. The highest BCUT2D eigenvalue weighted by molar-refractivity contribution is 8.00. The van der Waals surface area contributed by atoms with Gasteiger partial charge in [0.25, 0.3) is 0 Å². The largest absolute Gasteiger partial charge is 0.508 e. The van der Waals surface area contributed by atoms with E-state index in [0.717, 1.165) is 67.0 Å². The van der Waals surface area contributed by atoms with Gasteiger partial charge in [-0.1, -0.05) is 89.6 Å². The number of benzene rings is 2. The molecule has 0 saturated carbocycles. The third-order valence-corrected chi connectivity index (χ3v) is 16.7. The summed E-state index contributed by atoms with van der Waals surface area (Å²) in [6, 6.07) is -0.968. The van der Waals surface area contributed by atoms with Gasteiger partial charge in [0.1, 0.15) is 65.3 Å². The Morgan fingerprint density at radius 2 is 1.28 bits per heavy atom. The van der Waals surface area contributed by atoms with Crippen molar-refractivity contribution in [2.24, 2.45) is 17.6 Å². The molecule has 0 radical (unpaired) electrons. The highest BCUT2D eigenvalue weighted by Crippen LogP contribution is 2.30. The number of nitrogens with zero attached hydrogens (tertiary/aromatic N) is 2. The van der Waals surface area contributed by atoms with Crippen molar-refractivity contribution in [2.75, 3.05) is 19.6 Å². The van der Waals surface area contributed by atoms with E-state index in [1.165, 1.54) is 55.0 Å². The molecule has 3 saturated heterocycles. The van der Waals surface area contributed by atoms with Gasteiger partial charge in [0.15, 0.2) is 0 Å². The molecular formula is C56H86N8O16S. The molecule has 25 heteroatoms. The van der Waals surface area contributed by atoms with Gasteiger partial charge in [-0.15, -0.1) is 0 Å². The standard InChI is InChI=1S/C56H86N8O16S/c1-5-30(2)26-31(3)12-10-8-6-7-9-11-13-43(72)58-38-28-42(71)54(81-37-20-18-35(67)19-21-37)62-53(78)47-41(70)23-25-63(47)56(80)45(40(69)22-24-57)60-52(77)46(49(74)48(73)33-14-16-34(66)17-15-33)61-51(76)39-27-36(68)29-64(39)55(79)44(32(4)65)59-50(38)75/h14-21,30-32,36,38-42,44-49,54,65-71,73-74H,5-13,22-29,57H2,1-4H3,(H,58,72)(H,59,75)(H,60,77)(H,61,76)(H,62,78)/t30?,31?,32-,36-,38+,39+,40-,41+,42-,44+,45+,46+,47+,48+,49+,54-/m1/s1. The molecule has 2 unspecified atom stereocenters. The van der Waals surface area contributed by atoms with E-state index in [9.17, 15) is 79.5 Å². The Balaban J connectivity index is 1.53. The predicted octanol–water partition coefficient (Wildman–Crippen LogP) is -0.362. The molecule has 0 bridgehead atoms. The van der Waals surface area contributed by atoms with E-state index in [4.69, 9.17) is 5.73 Å². The van der Waals surface area contributed by atoms with E-state index in [1.54, 1.807) is 0 Å². The summed E-state index contributed by atoms with van der Waals surface area (Å²) in [5.74, 6) is -6.65. The molecule has 16 N–H and O–H groups in total. The van der Waals surface area contributed by atoms with Crippen LogP contribution in [-0.4, -0.2) is 195 Å². The summed E-state index contributed by atoms with van der Waals surface area (Å²) in [6.45, 7) is 6.75. The topological polar surface area (TPSA) is 394 Å². The van der Waals surface area contributed by atoms with Crippen LogP contribution in [-0.2, 0) is 33.6 Å². The van der Waals surface area contributed by atoms with E-state index in [1.807, 2.05) is 0 Å². The van der Waals surface area contributed by atoms with Gasteiger partial charge in [0.05, 0.1) is 30.5 Å².